The number of unbranched alkanes of at least 4 members (excludes halogenated alkanes) is 8. The molecule has 0 aromatic heterocycles. The van der Waals surface area contributed by atoms with Crippen LogP contribution >= 0.6 is 7.82 Å². The van der Waals surface area contributed by atoms with E-state index in [1.54, 1.807) is 0 Å². The van der Waals surface area contributed by atoms with Gasteiger partial charge in [0.25, 0.3) is 0 Å². The Bertz CT molecular complexity index is 1690. The van der Waals surface area contributed by atoms with Crippen LogP contribution in [0.1, 0.15) is 168 Å². The molecule has 0 fully saturated rings. The van der Waals surface area contributed by atoms with E-state index in [0.29, 0.717) is 23.9 Å². The van der Waals surface area contributed by atoms with Gasteiger partial charge >= 0.3 is 19.8 Å². The van der Waals surface area contributed by atoms with E-state index in [4.69, 9.17) is 18.5 Å². The Balaban J connectivity index is 4.40. The molecule has 10 heteroatoms. The number of ether oxygens (including phenoxy) is 2. The maximum atomic E-state index is 12.8. The van der Waals surface area contributed by atoms with Crippen LogP contribution in [0.3, 0.4) is 0 Å². The maximum absolute atomic E-state index is 12.8. The average molecular weight is 991 g/mol. The van der Waals surface area contributed by atoms with Gasteiger partial charge in [0.2, 0.25) is 0 Å². The standard InChI is InChI=1S/C60H96NO8P/c1-6-8-10-12-14-16-18-20-22-24-26-28-30-32-34-36-38-40-42-44-46-48-50-52-59(62)66-56-58(57-68-70(64,65)67-55-54-61(3,4)5)69-60(63)53-51-49-47-45-43-41-39-37-35-33-31-29-27-25-23-21-19-17-15-13-11-9-7-2/h8-11,14-17,20-23,26-29,32-35,38-41,58H,6-7,12-13,18-19,24-25,30-31,36-37,42-57H2,1-5H3/p+1/b10-8-,11-9-,16-14-,17-15-,22-20-,23-21-,28-26-,29-27-,34-32-,35-33-,40-38-,41-39-. The molecule has 0 bridgehead atoms. The molecule has 0 aliphatic heterocycles. The lowest BCUT2D eigenvalue weighted by atomic mass is 10.1. The van der Waals surface area contributed by atoms with Gasteiger partial charge in [-0.3, -0.25) is 18.6 Å². The molecule has 0 saturated heterocycles. The second-order valence-electron chi connectivity index (χ2n) is 18.1. The van der Waals surface area contributed by atoms with Crippen LogP contribution in [0.2, 0.25) is 0 Å². The molecule has 9 nitrogen and oxygen atoms in total. The van der Waals surface area contributed by atoms with Crippen molar-refractivity contribution in [2.45, 2.75) is 174 Å². The van der Waals surface area contributed by atoms with E-state index >= 15 is 0 Å². The van der Waals surface area contributed by atoms with Crippen molar-refractivity contribution in [3.8, 4) is 0 Å². The Morgan fingerprint density at radius 2 is 0.771 bits per heavy atom. The van der Waals surface area contributed by atoms with Gasteiger partial charge in [-0.15, -0.1) is 0 Å². The lowest BCUT2D eigenvalue weighted by Crippen LogP contribution is -2.37. The summed E-state index contributed by atoms with van der Waals surface area (Å²) in [5.74, 6) is -0.872. The summed E-state index contributed by atoms with van der Waals surface area (Å²) in [6.45, 7) is 4.11. The number of allylic oxidation sites excluding steroid dienone is 24. The minimum atomic E-state index is -4.41. The lowest BCUT2D eigenvalue weighted by Gasteiger charge is -2.24. The number of phosphoric acid groups is 1. The third-order valence-corrected chi connectivity index (χ3v) is 11.3. The third-order valence-electron chi connectivity index (χ3n) is 10.4. The van der Waals surface area contributed by atoms with E-state index in [1.807, 2.05) is 21.1 Å². The summed E-state index contributed by atoms with van der Waals surface area (Å²) in [6.07, 6.45) is 73.3. The fourth-order valence-corrected chi connectivity index (χ4v) is 7.05. The van der Waals surface area contributed by atoms with Crippen LogP contribution in [0.5, 0.6) is 0 Å². The van der Waals surface area contributed by atoms with E-state index in [9.17, 15) is 19.0 Å². The van der Waals surface area contributed by atoms with Crippen LogP contribution in [0.4, 0.5) is 0 Å². The smallest absolute Gasteiger partial charge is 0.462 e. The molecule has 2 unspecified atom stereocenters. The molecule has 1 N–H and O–H groups in total. The molecule has 70 heavy (non-hydrogen) atoms. The van der Waals surface area contributed by atoms with E-state index in [0.717, 1.165) is 128 Å². The minimum Gasteiger partial charge on any atom is -0.462 e. The zero-order chi connectivity index (χ0) is 51.3. The van der Waals surface area contributed by atoms with E-state index in [-0.39, 0.29) is 26.1 Å². The number of quaternary nitrogens is 1. The first-order valence-electron chi connectivity index (χ1n) is 26.6. The van der Waals surface area contributed by atoms with E-state index in [2.05, 4.69) is 160 Å². The largest absolute Gasteiger partial charge is 0.472 e. The molecule has 0 rings (SSSR count). The first-order chi connectivity index (χ1) is 34.0. The Hall–Kier alpha value is -4.11. The monoisotopic (exact) mass is 991 g/mol. The van der Waals surface area contributed by atoms with Crippen molar-refractivity contribution < 1.29 is 42.1 Å². The summed E-state index contributed by atoms with van der Waals surface area (Å²) >= 11 is 0. The topological polar surface area (TPSA) is 108 Å². The van der Waals surface area contributed by atoms with E-state index < -0.39 is 32.5 Å². The van der Waals surface area contributed by atoms with Gasteiger partial charge in [-0.25, -0.2) is 4.57 Å². The summed E-state index contributed by atoms with van der Waals surface area (Å²) < 4.78 is 34.4. The van der Waals surface area contributed by atoms with Crippen molar-refractivity contribution in [3.63, 3.8) is 0 Å². The fraction of sp³-hybridized carbons (Fsp3) is 0.567. The summed E-state index contributed by atoms with van der Waals surface area (Å²) in [5.41, 5.74) is 0. The highest BCUT2D eigenvalue weighted by molar-refractivity contribution is 7.47. The number of nitrogens with zero attached hydrogens (tertiary/aromatic N) is 1. The van der Waals surface area contributed by atoms with Crippen molar-refractivity contribution >= 4 is 19.8 Å². The zero-order valence-corrected chi connectivity index (χ0v) is 45.3. The molecule has 2 atom stereocenters. The number of likely N-dealkylation sites (N-methyl/N-ethyl adjacent to an activating group) is 1. The molecule has 0 spiro atoms. The van der Waals surface area contributed by atoms with Crippen molar-refractivity contribution in [1.82, 2.24) is 0 Å². The highest BCUT2D eigenvalue weighted by Gasteiger charge is 2.27. The molecule has 0 aliphatic rings. The van der Waals surface area contributed by atoms with Crippen LogP contribution < -0.4 is 0 Å². The van der Waals surface area contributed by atoms with E-state index in [1.165, 1.54) is 0 Å². The Morgan fingerprint density at radius 3 is 1.13 bits per heavy atom. The number of rotatable bonds is 46. The quantitative estimate of drug-likeness (QED) is 0.0211. The molecular formula is C60H97NO8P+. The SMILES string of the molecule is CC/C=C\C/C=C\C/C=C\C/C=C\C/C=C\C/C=C\CCCCCCC(=O)OCC(COP(=O)(O)OCC[N+](C)(C)C)OC(=O)CCCCCC/C=C\C/C=C\C/C=C\C/C=C\C/C=C\C/C=C\CC. The Labute approximate surface area is 427 Å². The molecule has 0 aromatic carbocycles. The molecule has 0 aliphatic carbocycles. The van der Waals surface area contributed by atoms with Crippen molar-refractivity contribution in [3.05, 3.63) is 146 Å². The predicted molar refractivity (Wildman–Crippen MR) is 297 cm³/mol. The zero-order valence-electron chi connectivity index (χ0n) is 44.4. The lowest BCUT2D eigenvalue weighted by molar-refractivity contribution is -0.870. The molecule has 394 valence electrons. The van der Waals surface area contributed by atoms with Gasteiger partial charge in [0, 0.05) is 12.8 Å². The van der Waals surface area contributed by atoms with Gasteiger partial charge in [-0.1, -0.05) is 185 Å². The van der Waals surface area contributed by atoms with Crippen LogP contribution in [-0.4, -0.2) is 74.9 Å². The Morgan fingerprint density at radius 1 is 0.443 bits per heavy atom. The summed E-state index contributed by atoms with van der Waals surface area (Å²) in [5, 5.41) is 0. The van der Waals surface area contributed by atoms with Gasteiger partial charge in [0.15, 0.2) is 6.10 Å². The summed E-state index contributed by atoms with van der Waals surface area (Å²) in [6, 6.07) is 0. The van der Waals surface area contributed by atoms with Crippen LogP contribution in [0, 0.1) is 0 Å². The van der Waals surface area contributed by atoms with Crippen molar-refractivity contribution in [1.29, 1.82) is 0 Å². The molecule has 0 amide bonds. The number of carbonyl (C=O) groups is 2. The normalized spacial score (nSPS) is 14.5. The molecule has 0 radical (unpaired) electrons. The highest BCUT2D eigenvalue weighted by Crippen LogP contribution is 2.43. The minimum absolute atomic E-state index is 0.0121. The molecular weight excluding hydrogens is 894 g/mol. The predicted octanol–water partition coefficient (Wildman–Crippen LogP) is 16.4. The third kappa shape index (κ3) is 53.2. The van der Waals surface area contributed by atoms with Crippen molar-refractivity contribution in [2.24, 2.45) is 0 Å². The summed E-state index contributed by atoms with van der Waals surface area (Å²) in [4.78, 5) is 35.6. The number of hydrogen-bond donors (Lipinski definition) is 1. The Kier molecular flexibility index (Phi) is 46.9. The van der Waals surface area contributed by atoms with Gasteiger partial charge in [0.05, 0.1) is 27.7 Å². The van der Waals surface area contributed by atoms with Gasteiger partial charge in [0.1, 0.15) is 19.8 Å². The number of esters is 2. The number of carbonyl (C=O) groups excluding carboxylic acids is 2. The first kappa shape index (κ1) is 65.9. The molecule has 0 heterocycles. The second-order valence-corrected chi connectivity index (χ2v) is 19.6. The summed E-state index contributed by atoms with van der Waals surface area (Å²) in [7, 11) is 1.41. The molecule has 0 saturated carbocycles. The maximum Gasteiger partial charge on any atom is 0.472 e. The van der Waals surface area contributed by atoms with Gasteiger partial charge < -0.3 is 18.9 Å². The highest BCUT2D eigenvalue weighted by atomic mass is 31.2. The van der Waals surface area contributed by atoms with Crippen LogP contribution in [0.15, 0.2) is 146 Å². The fourth-order valence-electron chi connectivity index (χ4n) is 6.31. The van der Waals surface area contributed by atoms with Gasteiger partial charge in [-0.2, -0.15) is 0 Å². The molecule has 0 aromatic rings. The van der Waals surface area contributed by atoms with Gasteiger partial charge in [-0.05, 0) is 116 Å². The van der Waals surface area contributed by atoms with Crippen LogP contribution in [-0.2, 0) is 32.7 Å². The number of phosphoric ester groups is 1. The second kappa shape index (κ2) is 49.9. The van der Waals surface area contributed by atoms with Crippen molar-refractivity contribution in [2.75, 3.05) is 47.5 Å². The average Bonchev–Trinajstić information content (AvgIpc) is 3.32. The number of hydrogen-bond acceptors (Lipinski definition) is 7. The first-order valence-corrected chi connectivity index (χ1v) is 28.1. The van der Waals surface area contributed by atoms with Crippen LogP contribution in [0.25, 0.3) is 0 Å².